The highest BCUT2D eigenvalue weighted by molar-refractivity contribution is 14.1. The standard InChI is InChI=1S/C29H18F7IO2/c30-23-11-18-10-16(3-5-20(18)27(32)22(23)7-8-29(34,35)36)26-24(31)12-17-9-15(1-4-21(17)28(26)33)2-6-25-38-13-19(37)14-39-25/h1,3-5,9-12,19,25H,2,6,13-14H2. The Morgan fingerprint density at radius 2 is 1.46 bits per heavy atom. The second-order valence-electron chi connectivity index (χ2n) is 9.07. The van der Waals surface area contributed by atoms with Gasteiger partial charge in [0.05, 0.1) is 28.3 Å². The van der Waals surface area contributed by atoms with Crippen molar-refractivity contribution < 1.29 is 40.2 Å². The molecule has 4 aromatic rings. The van der Waals surface area contributed by atoms with E-state index in [0.717, 1.165) is 23.6 Å². The van der Waals surface area contributed by atoms with Crippen molar-refractivity contribution in [1.29, 1.82) is 0 Å². The zero-order valence-corrected chi connectivity index (χ0v) is 22.1. The molecule has 1 aliphatic rings. The number of halogens is 8. The van der Waals surface area contributed by atoms with Gasteiger partial charge in [0.15, 0.2) is 6.29 Å². The third-order valence-corrected chi connectivity index (χ3v) is 7.05. The molecule has 1 aliphatic heterocycles. The van der Waals surface area contributed by atoms with Crippen LogP contribution < -0.4 is 0 Å². The van der Waals surface area contributed by atoms with Gasteiger partial charge in [-0.3, -0.25) is 0 Å². The molecule has 0 aromatic heterocycles. The largest absolute Gasteiger partial charge is 0.458 e. The van der Waals surface area contributed by atoms with E-state index in [1.807, 2.05) is 0 Å². The molecule has 0 N–H and O–H groups in total. The lowest BCUT2D eigenvalue weighted by Gasteiger charge is -2.26. The van der Waals surface area contributed by atoms with Crippen LogP contribution in [0.4, 0.5) is 30.7 Å². The summed E-state index contributed by atoms with van der Waals surface area (Å²) < 4.78 is 109. The molecule has 39 heavy (non-hydrogen) atoms. The van der Waals surface area contributed by atoms with E-state index >= 15 is 8.78 Å². The zero-order valence-electron chi connectivity index (χ0n) is 19.9. The highest BCUT2D eigenvalue weighted by atomic mass is 127. The van der Waals surface area contributed by atoms with E-state index in [4.69, 9.17) is 9.47 Å². The number of hydrogen-bond donors (Lipinski definition) is 0. The molecule has 0 radical (unpaired) electrons. The number of hydrogen-bond acceptors (Lipinski definition) is 2. The minimum absolute atomic E-state index is 0.0107. The van der Waals surface area contributed by atoms with Crippen LogP contribution in [0, 0.1) is 35.1 Å². The molecule has 1 saturated heterocycles. The molecule has 1 fully saturated rings. The topological polar surface area (TPSA) is 18.5 Å². The highest BCUT2D eigenvalue weighted by Crippen LogP contribution is 2.35. The Hall–Kier alpha value is -2.88. The van der Waals surface area contributed by atoms with Crippen molar-refractivity contribution in [3.8, 4) is 23.0 Å². The third kappa shape index (κ3) is 6.00. The van der Waals surface area contributed by atoms with Gasteiger partial charge < -0.3 is 9.47 Å². The molecule has 2 nitrogen and oxygen atoms in total. The second-order valence-corrected chi connectivity index (χ2v) is 10.8. The van der Waals surface area contributed by atoms with Gasteiger partial charge in [-0.15, -0.1) is 0 Å². The number of fused-ring (bicyclic) bond motifs is 2. The Labute approximate surface area is 232 Å². The molecule has 0 unspecified atom stereocenters. The number of benzene rings is 4. The SMILES string of the molecule is Fc1cc2cc(-c3c(F)cc4cc(CCC5OCC(I)CO5)ccc4c3F)ccc2c(F)c1C#CC(F)(F)F. The first-order chi connectivity index (χ1) is 18.5. The Morgan fingerprint density at radius 3 is 2.18 bits per heavy atom. The molecule has 0 spiro atoms. The van der Waals surface area contributed by atoms with Crippen molar-refractivity contribution in [3.63, 3.8) is 0 Å². The lowest BCUT2D eigenvalue weighted by atomic mass is 9.95. The first-order valence-electron chi connectivity index (χ1n) is 11.8. The number of ether oxygens (including phenoxy) is 2. The van der Waals surface area contributed by atoms with E-state index in [-0.39, 0.29) is 28.0 Å². The Balaban J connectivity index is 1.47. The Kier molecular flexibility index (Phi) is 7.77. The van der Waals surface area contributed by atoms with Crippen molar-refractivity contribution >= 4 is 44.1 Å². The van der Waals surface area contributed by atoms with E-state index in [1.165, 1.54) is 24.1 Å². The maximum absolute atomic E-state index is 15.5. The van der Waals surface area contributed by atoms with Gasteiger partial charge in [0.1, 0.15) is 23.3 Å². The molecule has 202 valence electrons. The van der Waals surface area contributed by atoms with Crippen molar-refractivity contribution in [2.45, 2.75) is 29.2 Å². The molecule has 4 aromatic carbocycles. The summed E-state index contributed by atoms with van der Waals surface area (Å²) in [6.07, 6.45) is -4.10. The summed E-state index contributed by atoms with van der Waals surface area (Å²) in [5.41, 5.74) is -0.575. The normalized spacial score (nSPS) is 17.8. The summed E-state index contributed by atoms with van der Waals surface area (Å²) in [7, 11) is 0. The molecule has 0 atom stereocenters. The van der Waals surface area contributed by atoms with Crippen LogP contribution in [0.3, 0.4) is 0 Å². The van der Waals surface area contributed by atoms with E-state index in [0.29, 0.717) is 35.4 Å². The van der Waals surface area contributed by atoms with Crippen molar-refractivity contribution in [1.82, 2.24) is 0 Å². The Bertz CT molecular complexity index is 1630. The van der Waals surface area contributed by atoms with Crippen LogP contribution in [0.1, 0.15) is 17.5 Å². The lowest BCUT2D eigenvalue weighted by Crippen LogP contribution is -2.32. The first kappa shape index (κ1) is 27.7. The first-order valence-corrected chi connectivity index (χ1v) is 13.0. The number of aryl methyl sites for hydroxylation is 1. The summed E-state index contributed by atoms with van der Waals surface area (Å²) in [4.78, 5) is 0. The average Bonchev–Trinajstić information content (AvgIpc) is 2.87. The van der Waals surface area contributed by atoms with Crippen LogP contribution in [0.15, 0.2) is 48.5 Å². The fourth-order valence-corrected chi connectivity index (χ4v) is 4.92. The smallest absolute Gasteiger partial charge is 0.351 e. The van der Waals surface area contributed by atoms with Crippen molar-refractivity contribution in [2.24, 2.45) is 0 Å². The van der Waals surface area contributed by atoms with E-state index in [1.54, 1.807) is 18.2 Å². The van der Waals surface area contributed by atoms with E-state index in [2.05, 4.69) is 22.6 Å². The minimum atomic E-state index is -4.93. The number of rotatable bonds is 4. The van der Waals surface area contributed by atoms with Gasteiger partial charge in [0, 0.05) is 23.1 Å². The summed E-state index contributed by atoms with van der Waals surface area (Å²) in [6.45, 7) is 1.20. The maximum atomic E-state index is 15.5. The molecule has 0 amide bonds. The van der Waals surface area contributed by atoms with Crippen molar-refractivity contribution in [3.05, 3.63) is 82.9 Å². The van der Waals surface area contributed by atoms with Crippen LogP contribution in [0.2, 0.25) is 0 Å². The van der Waals surface area contributed by atoms with Gasteiger partial charge in [-0.2, -0.15) is 13.2 Å². The van der Waals surface area contributed by atoms with Gasteiger partial charge in [-0.25, -0.2) is 17.6 Å². The summed E-state index contributed by atoms with van der Waals surface area (Å²) in [6, 6.07) is 10.4. The molecule has 1 heterocycles. The zero-order chi connectivity index (χ0) is 27.9. The van der Waals surface area contributed by atoms with E-state index < -0.39 is 40.6 Å². The molecular weight excluding hydrogens is 640 g/mol. The van der Waals surface area contributed by atoms with Gasteiger partial charge >= 0.3 is 6.18 Å². The third-order valence-electron chi connectivity index (χ3n) is 6.33. The molecule has 5 rings (SSSR count). The predicted molar refractivity (Wildman–Crippen MR) is 141 cm³/mol. The molecule has 0 aliphatic carbocycles. The second kappa shape index (κ2) is 10.9. The monoisotopic (exact) mass is 658 g/mol. The molecule has 0 bridgehead atoms. The number of alkyl halides is 4. The van der Waals surface area contributed by atoms with Gasteiger partial charge in [0.25, 0.3) is 0 Å². The molecular formula is C29H18F7IO2. The maximum Gasteiger partial charge on any atom is 0.458 e. The highest BCUT2D eigenvalue weighted by Gasteiger charge is 2.24. The van der Waals surface area contributed by atoms with Crippen molar-refractivity contribution in [2.75, 3.05) is 13.2 Å². The van der Waals surface area contributed by atoms with Crippen LogP contribution in [-0.2, 0) is 15.9 Å². The summed E-state index contributed by atoms with van der Waals surface area (Å²) >= 11 is 2.25. The van der Waals surface area contributed by atoms with Crippen LogP contribution in [0.5, 0.6) is 0 Å². The molecule has 10 heteroatoms. The van der Waals surface area contributed by atoms with Crippen LogP contribution in [0.25, 0.3) is 32.7 Å². The fraction of sp³-hybridized carbons (Fsp3) is 0.241. The van der Waals surface area contributed by atoms with Crippen LogP contribution >= 0.6 is 22.6 Å². The van der Waals surface area contributed by atoms with Crippen LogP contribution in [-0.4, -0.2) is 29.6 Å². The predicted octanol–water partition coefficient (Wildman–Crippen LogP) is 8.24. The minimum Gasteiger partial charge on any atom is -0.351 e. The molecule has 0 saturated carbocycles. The lowest BCUT2D eigenvalue weighted by molar-refractivity contribution is -0.175. The van der Waals surface area contributed by atoms with E-state index in [9.17, 15) is 22.0 Å². The fourth-order valence-electron chi connectivity index (χ4n) is 4.50. The summed E-state index contributed by atoms with van der Waals surface area (Å²) in [5.74, 6) is -2.03. The van der Waals surface area contributed by atoms with Gasteiger partial charge in [-0.05, 0) is 46.5 Å². The summed E-state index contributed by atoms with van der Waals surface area (Å²) in [5, 5.41) is 0.172. The average molecular weight is 658 g/mol. The van der Waals surface area contributed by atoms with Gasteiger partial charge in [-0.1, -0.05) is 58.8 Å². The van der Waals surface area contributed by atoms with Gasteiger partial charge in [0.2, 0.25) is 0 Å². The quantitative estimate of drug-likeness (QED) is 0.0953. The Morgan fingerprint density at radius 1 is 0.821 bits per heavy atom.